The van der Waals surface area contributed by atoms with Crippen LogP contribution in [-0.4, -0.2) is 13.2 Å². The van der Waals surface area contributed by atoms with Crippen molar-refractivity contribution in [2.24, 2.45) is 0 Å². The molecule has 1 aromatic rings. The molecule has 4 heteroatoms. The third-order valence-corrected chi connectivity index (χ3v) is 9.71. The summed E-state index contributed by atoms with van der Waals surface area (Å²) in [7, 11) is -1.34. The molecule has 0 aliphatic heterocycles. The molecule has 0 bridgehead atoms. The maximum absolute atomic E-state index is 6.25. The van der Waals surface area contributed by atoms with Crippen molar-refractivity contribution in [3.05, 3.63) is 29.8 Å². The van der Waals surface area contributed by atoms with E-state index in [2.05, 4.69) is 45.0 Å². The van der Waals surface area contributed by atoms with Crippen molar-refractivity contribution in [3.8, 4) is 5.75 Å². The number of rotatable bonds is 34. The molecular formula is C39H73O3P. The van der Waals surface area contributed by atoms with Crippen molar-refractivity contribution >= 4 is 8.60 Å². The molecule has 0 aromatic heterocycles. The summed E-state index contributed by atoms with van der Waals surface area (Å²) in [5, 5.41) is 0. The molecule has 1 rings (SSSR count). The Kier molecular flexibility index (Phi) is 30.8. The van der Waals surface area contributed by atoms with E-state index in [9.17, 15) is 0 Å². The highest BCUT2D eigenvalue weighted by molar-refractivity contribution is 7.42. The van der Waals surface area contributed by atoms with Crippen LogP contribution in [0.2, 0.25) is 0 Å². The van der Waals surface area contributed by atoms with Crippen LogP contribution in [0.1, 0.15) is 200 Å². The Labute approximate surface area is 271 Å². The van der Waals surface area contributed by atoms with E-state index in [1.165, 1.54) is 166 Å². The van der Waals surface area contributed by atoms with Gasteiger partial charge in [0.15, 0.2) is 0 Å². The minimum Gasteiger partial charge on any atom is -0.427 e. The predicted octanol–water partition coefficient (Wildman–Crippen LogP) is 14.5. The first kappa shape index (κ1) is 40.4. The van der Waals surface area contributed by atoms with E-state index in [4.69, 9.17) is 13.6 Å². The Morgan fingerprint density at radius 2 is 0.721 bits per heavy atom. The van der Waals surface area contributed by atoms with E-state index in [0.717, 1.165) is 38.2 Å². The van der Waals surface area contributed by atoms with Crippen LogP contribution in [0.25, 0.3) is 0 Å². The molecule has 0 fully saturated rings. The second-order valence-corrected chi connectivity index (χ2v) is 14.0. The summed E-state index contributed by atoms with van der Waals surface area (Å²) < 4.78 is 18.6. The van der Waals surface area contributed by atoms with Gasteiger partial charge >= 0.3 is 8.60 Å². The Morgan fingerprint density at radius 3 is 1.09 bits per heavy atom. The maximum atomic E-state index is 6.25. The highest BCUT2D eigenvalue weighted by atomic mass is 31.2. The molecule has 0 aliphatic rings. The number of benzene rings is 1. The van der Waals surface area contributed by atoms with Gasteiger partial charge in [0.25, 0.3) is 0 Å². The fraction of sp³-hybridized carbons (Fsp3) is 0.846. The topological polar surface area (TPSA) is 27.7 Å². The molecule has 0 saturated heterocycles. The van der Waals surface area contributed by atoms with Crippen molar-refractivity contribution in [2.75, 3.05) is 13.2 Å². The fourth-order valence-corrected chi connectivity index (χ4v) is 6.67. The van der Waals surface area contributed by atoms with Crippen molar-refractivity contribution < 1.29 is 13.6 Å². The van der Waals surface area contributed by atoms with Gasteiger partial charge in [-0.15, -0.1) is 0 Å². The lowest BCUT2D eigenvalue weighted by atomic mass is 10.0. The molecule has 0 N–H and O–H groups in total. The molecule has 252 valence electrons. The Hall–Kier alpha value is -0.630. The van der Waals surface area contributed by atoms with Gasteiger partial charge in [0.2, 0.25) is 0 Å². The highest BCUT2D eigenvalue weighted by Gasteiger charge is 2.15. The molecule has 0 radical (unpaired) electrons. The Balaban J connectivity index is 2.30. The lowest BCUT2D eigenvalue weighted by Crippen LogP contribution is -2.01. The molecular weight excluding hydrogens is 547 g/mol. The number of hydrogen-bond donors (Lipinski definition) is 0. The first-order valence-corrected chi connectivity index (χ1v) is 20.2. The smallest absolute Gasteiger partial charge is 0.397 e. The van der Waals surface area contributed by atoms with Crippen LogP contribution >= 0.6 is 8.60 Å². The average Bonchev–Trinajstić information content (AvgIpc) is 3.02. The predicted molar refractivity (Wildman–Crippen MR) is 191 cm³/mol. The van der Waals surface area contributed by atoms with Gasteiger partial charge in [0.05, 0.1) is 13.2 Å². The second-order valence-electron chi connectivity index (χ2n) is 12.9. The van der Waals surface area contributed by atoms with Crippen molar-refractivity contribution in [1.82, 2.24) is 0 Å². The molecule has 0 aliphatic carbocycles. The van der Waals surface area contributed by atoms with Crippen LogP contribution in [-0.2, 0) is 15.5 Å². The summed E-state index contributed by atoms with van der Waals surface area (Å²) in [4.78, 5) is 0. The molecule has 0 spiro atoms. The van der Waals surface area contributed by atoms with E-state index in [1.807, 2.05) is 0 Å². The quantitative estimate of drug-likeness (QED) is 0.0567. The molecule has 43 heavy (non-hydrogen) atoms. The van der Waals surface area contributed by atoms with Gasteiger partial charge in [-0.2, -0.15) is 0 Å². The number of aryl methyl sites for hydroxylation is 1. The summed E-state index contributed by atoms with van der Waals surface area (Å²) >= 11 is 0. The minimum absolute atomic E-state index is 0.733. The third kappa shape index (κ3) is 27.4. The van der Waals surface area contributed by atoms with Crippen LogP contribution in [0, 0.1) is 0 Å². The minimum atomic E-state index is -1.34. The van der Waals surface area contributed by atoms with Crippen LogP contribution < -0.4 is 4.52 Å². The van der Waals surface area contributed by atoms with Gasteiger partial charge in [-0.05, 0) is 43.4 Å². The van der Waals surface area contributed by atoms with Gasteiger partial charge in [-0.25, -0.2) is 0 Å². The van der Waals surface area contributed by atoms with Gasteiger partial charge < -0.3 is 13.6 Å². The molecule has 1 aromatic carbocycles. The van der Waals surface area contributed by atoms with Gasteiger partial charge in [-0.1, -0.05) is 187 Å². The van der Waals surface area contributed by atoms with Crippen LogP contribution in [0.4, 0.5) is 0 Å². The van der Waals surface area contributed by atoms with E-state index in [1.54, 1.807) is 0 Å². The lowest BCUT2D eigenvalue weighted by Gasteiger charge is -2.17. The first-order chi connectivity index (χ1) is 21.3. The summed E-state index contributed by atoms with van der Waals surface area (Å²) in [6.45, 7) is 8.33. The zero-order valence-electron chi connectivity index (χ0n) is 29.2. The highest BCUT2D eigenvalue weighted by Crippen LogP contribution is 2.41. The molecule has 0 saturated carbocycles. The molecule has 0 unspecified atom stereocenters. The largest absolute Gasteiger partial charge is 0.427 e. The number of unbranched alkanes of at least 4 members (excludes halogenated alkanes) is 24. The summed E-state index contributed by atoms with van der Waals surface area (Å²) in [5.41, 5.74) is 1.41. The maximum Gasteiger partial charge on any atom is 0.397 e. The molecule has 0 atom stereocenters. The second kappa shape index (κ2) is 32.8. The first-order valence-electron chi connectivity index (χ1n) is 19.1. The standard InChI is InChI=1S/C39H73O3P/c1-4-7-10-13-16-18-20-23-26-29-36-40-43(41-37-30-27-24-21-19-17-14-11-8-5-2)42-39-34-32-38(33-35-39)31-28-25-22-15-12-9-6-3/h32-35H,4-31,36-37H2,1-3H3. The summed E-state index contributed by atoms with van der Waals surface area (Å²) in [6.07, 6.45) is 37.4. The van der Waals surface area contributed by atoms with E-state index in [0.29, 0.717) is 0 Å². The summed E-state index contributed by atoms with van der Waals surface area (Å²) in [6, 6.07) is 8.67. The van der Waals surface area contributed by atoms with Crippen LogP contribution in [0.5, 0.6) is 5.75 Å². The van der Waals surface area contributed by atoms with Gasteiger partial charge in [-0.3, -0.25) is 0 Å². The Morgan fingerprint density at radius 1 is 0.395 bits per heavy atom. The zero-order valence-corrected chi connectivity index (χ0v) is 30.1. The molecule has 0 heterocycles. The van der Waals surface area contributed by atoms with Crippen molar-refractivity contribution in [3.63, 3.8) is 0 Å². The molecule has 0 amide bonds. The van der Waals surface area contributed by atoms with Crippen molar-refractivity contribution in [1.29, 1.82) is 0 Å². The van der Waals surface area contributed by atoms with E-state index < -0.39 is 8.60 Å². The Bertz CT molecular complexity index is 639. The average molecular weight is 621 g/mol. The van der Waals surface area contributed by atoms with Crippen LogP contribution in [0.15, 0.2) is 24.3 Å². The zero-order chi connectivity index (χ0) is 30.9. The van der Waals surface area contributed by atoms with E-state index >= 15 is 0 Å². The third-order valence-electron chi connectivity index (χ3n) is 8.56. The monoisotopic (exact) mass is 621 g/mol. The normalized spacial score (nSPS) is 11.5. The van der Waals surface area contributed by atoms with Crippen LogP contribution in [0.3, 0.4) is 0 Å². The van der Waals surface area contributed by atoms with Crippen molar-refractivity contribution in [2.45, 2.75) is 201 Å². The number of hydrogen-bond acceptors (Lipinski definition) is 3. The SMILES string of the molecule is CCCCCCCCCCCCOP(OCCCCCCCCCCCC)Oc1ccc(CCCCCCCCC)cc1. The fourth-order valence-electron chi connectivity index (χ4n) is 5.64. The summed E-state index contributed by atoms with van der Waals surface area (Å²) in [5.74, 6) is 0.876. The lowest BCUT2D eigenvalue weighted by molar-refractivity contribution is 0.198. The van der Waals surface area contributed by atoms with Gasteiger partial charge in [0, 0.05) is 0 Å². The molecule has 3 nitrogen and oxygen atoms in total. The van der Waals surface area contributed by atoms with E-state index in [-0.39, 0.29) is 0 Å². The van der Waals surface area contributed by atoms with Gasteiger partial charge in [0.1, 0.15) is 5.75 Å².